The summed E-state index contributed by atoms with van der Waals surface area (Å²) in [6.07, 6.45) is 0. The molecule has 0 atom stereocenters. The van der Waals surface area contributed by atoms with Gasteiger partial charge >= 0.3 is 0 Å². The number of hydrogen-bond donors (Lipinski definition) is 1. The molecule has 0 fully saturated rings. The summed E-state index contributed by atoms with van der Waals surface area (Å²) < 4.78 is 1.12. The lowest BCUT2D eigenvalue weighted by molar-refractivity contribution is -0.118. The maximum Gasteiger partial charge on any atom is 0.226 e. The van der Waals surface area contributed by atoms with Crippen molar-refractivity contribution in [1.29, 1.82) is 0 Å². The average Bonchev–Trinajstić information content (AvgIpc) is 2.91. The minimum atomic E-state index is -0.0315. The second-order valence-corrected chi connectivity index (χ2v) is 6.24. The Hall–Kier alpha value is -2.20. The van der Waals surface area contributed by atoms with Crippen molar-refractivity contribution in [3.05, 3.63) is 48.5 Å². The van der Waals surface area contributed by atoms with Gasteiger partial charge in [0.2, 0.25) is 5.91 Å². The quantitative estimate of drug-likeness (QED) is 0.770. The molecule has 0 aliphatic rings. The molecule has 1 aromatic heterocycles. The first kappa shape index (κ1) is 13.8. The smallest absolute Gasteiger partial charge is 0.226 e. The summed E-state index contributed by atoms with van der Waals surface area (Å²) in [6, 6.07) is 16.0. The number of aromatic nitrogens is 1. The highest BCUT2D eigenvalue weighted by molar-refractivity contribution is 7.21. The number of nitrogens with zero attached hydrogens (tertiary/aromatic N) is 1. The van der Waals surface area contributed by atoms with Gasteiger partial charge in [-0.05, 0) is 18.2 Å². The van der Waals surface area contributed by atoms with Crippen LogP contribution in [0.4, 0.5) is 5.69 Å². The highest BCUT2D eigenvalue weighted by atomic mass is 32.1. The zero-order valence-electron chi connectivity index (χ0n) is 12.0. The van der Waals surface area contributed by atoms with Crippen LogP contribution in [0.1, 0.15) is 13.8 Å². The fourth-order valence-electron chi connectivity index (χ4n) is 2.00. The fraction of sp³-hybridized carbons (Fsp3) is 0.176. The SMILES string of the molecule is CC(C)C(=O)Nc1ccc2sc(-c3ccccc3)nc2c1. The maximum absolute atomic E-state index is 11.7. The minimum Gasteiger partial charge on any atom is -0.326 e. The molecule has 0 spiro atoms. The van der Waals surface area contributed by atoms with Gasteiger partial charge in [-0.2, -0.15) is 0 Å². The van der Waals surface area contributed by atoms with Gasteiger partial charge in [0.1, 0.15) is 5.01 Å². The average molecular weight is 296 g/mol. The largest absolute Gasteiger partial charge is 0.326 e. The van der Waals surface area contributed by atoms with Gasteiger partial charge in [0.05, 0.1) is 10.2 Å². The maximum atomic E-state index is 11.7. The van der Waals surface area contributed by atoms with E-state index in [1.165, 1.54) is 0 Å². The van der Waals surface area contributed by atoms with Crippen LogP contribution in [0, 0.1) is 5.92 Å². The van der Waals surface area contributed by atoms with Crippen molar-refractivity contribution in [3.63, 3.8) is 0 Å². The van der Waals surface area contributed by atoms with Crippen molar-refractivity contribution in [2.75, 3.05) is 5.32 Å². The second-order valence-electron chi connectivity index (χ2n) is 5.21. The van der Waals surface area contributed by atoms with Gasteiger partial charge < -0.3 is 5.32 Å². The summed E-state index contributed by atoms with van der Waals surface area (Å²) in [5.41, 5.74) is 2.83. The van der Waals surface area contributed by atoms with E-state index in [1.807, 2.05) is 50.2 Å². The second kappa shape index (κ2) is 5.66. The molecule has 21 heavy (non-hydrogen) atoms. The highest BCUT2D eigenvalue weighted by Gasteiger charge is 2.10. The van der Waals surface area contributed by atoms with Crippen LogP contribution in [0.25, 0.3) is 20.8 Å². The Morgan fingerprint density at radius 2 is 1.90 bits per heavy atom. The van der Waals surface area contributed by atoms with Gasteiger partial charge in [-0.25, -0.2) is 4.98 Å². The van der Waals surface area contributed by atoms with E-state index in [9.17, 15) is 4.79 Å². The van der Waals surface area contributed by atoms with E-state index in [0.29, 0.717) is 0 Å². The Labute approximate surface area is 127 Å². The van der Waals surface area contributed by atoms with Crippen LogP contribution in [0.2, 0.25) is 0 Å². The Balaban J connectivity index is 1.94. The number of fused-ring (bicyclic) bond motifs is 1. The lowest BCUT2D eigenvalue weighted by Gasteiger charge is -2.06. The van der Waals surface area contributed by atoms with E-state index in [4.69, 9.17) is 0 Å². The van der Waals surface area contributed by atoms with Crippen LogP contribution in [0.5, 0.6) is 0 Å². The number of hydrogen-bond acceptors (Lipinski definition) is 3. The molecule has 3 rings (SSSR count). The summed E-state index contributed by atoms with van der Waals surface area (Å²) in [5.74, 6) is -0.0103. The van der Waals surface area contributed by atoms with E-state index in [-0.39, 0.29) is 11.8 Å². The molecular formula is C17H16N2OS. The highest BCUT2D eigenvalue weighted by Crippen LogP contribution is 2.31. The number of thiazole rings is 1. The number of anilines is 1. The summed E-state index contributed by atoms with van der Waals surface area (Å²) in [5, 5.41) is 3.91. The van der Waals surface area contributed by atoms with Crippen molar-refractivity contribution in [3.8, 4) is 10.6 Å². The van der Waals surface area contributed by atoms with E-state index < -0.39 is 0 Å². The number of nitrogens with one attached hydrogen (secondary N) is 1. The standard InChI is InChI=1S/C17H16N2OS/c1-11(2)16(20)18-13-8-9-15-14(10-13)19-17(21-15)12-6-4-3-5-7-12/h3-11H,1-2H3,(H,18,20). The molecule has 1 amide bonds. The molecule has 0 bridgehead atoms. The Morgan fingerprint density at radius 1 is 1.14 bits per heavy atom. The van der Waals surface area contributed by atoms with E-state index in [0.717, 1.165) is 26.5 Å². The van der Waals surface area contributed by atoms with Crippen LogP contribution >= 0.6 is 11.3 Å². The Kier molecular flexibility index (Phi) is 3.71. The van der Waals surface area contributed by atoms with Gasteiger partial charge in [0, 0.05) is 17.2 Å². The van der Waals surface area contributed by atoms with Gasteiger partial charge in [0.15, 0.2) is 0 Å². The van der Waals surface area contributed by atoms with Crippen molar-refractivity contribution >= 4 is 33.1 Å². The van der Waals surface area contributed by atoms with Gasteiger partial charge in [-0.1, -0.05) is 44.2 Å². The normalized spacial score (nSPS) is 11.0. The Morgan fingerprint density at radius 3 is 2.62 bits per heavy atom. The van der Waals surface area contributed by atoms with Gasteiger partial charge in [-0.3, -0.25) is 4.79 Å². The molecule has 3 aromatic rings. The zero-order valence-corrected chi connectivity index (χ0v) is 12.8. The number of benzene rings is 2. The first-order chi connectivity index (χ1) is 10.1. The molecule has 4 heteroatoms. The molecule has 2 aromatic carbocycles. The van der Waals surface area contributed by atoms with Crippen LogP contribution < -0.4 is 5.32 Å². The van der Waals surface area contributed by atoms with Crippen LogP contribution in [-0.2, 0) is 4.79 Å². The molecule has 0 saturated heterocycles. The molecule has 0 aliphatic heterocycles. The van der Waals surface area contributed by atoms with Crippen molar-refractivity contribution < 1.29 is 4.79 Å². The topological polar surface area (TPSA) is 42.0 Å². The molecule has 0 aliphatic carbocycles. The van der Waals surface area contributed by atoms with Crippen LogP contribution in [0.15, 0.2) is 48.5 Å². The van der Waals surface area contributed by atoms with E-state index >= 15 is 0 Å². The summed E-state index contributed by atoms with van der Waals surface area (Å²) >= 11 is 1.66. The first-order valence-electron chi connectivity index (χ1n) is 6.90. The number of carbonyl (C=O) groups excluding carboxylic acids is 1. The Bertz CT molecular complexity index is 778. The predicted molar refractivity (Wildman–Crippen MR) is 88.5 cm³/mol. The molecule has 0 unspecified atom stereocenters. The van der Waals surface area contributed by atoms with Crippen molar-refractivity contribution in [1.82, 2.24) is 4.98 Å². The van der Waals surface area contributed by atoms with E-state index in [1.54, 1.807) is 11.3 Å². The third-order valence-electron chi connectivity index (χ3n) is 3.20. The lowest BCUT2D eigenvalue weighted by atomic mass is 10.2. The van der Waals surface area contributed by atoms with Crippen molar-refractivity contribution in [2.24, 2.45) is 5.92 Å². The van der Waals surface area contributed by atoms with Gasteiger partial charge in [-0.15, -0.1) is 11.3 Å². The third kappa shape index (κ3) is 2.95. The molecule has 3 nitrogen and oxygen atoms in total. The first-order valence-corrected chi connectivity index (χ1v) is 7.72. The monoisotopic (exact) mass is 296 g/mol. The lowest BCUT2D eigenvalue weighted by Crippen LogP contribution is -2.17. The van der Waals surface area contributed by atoms with Gasteiger partial charge in [0.25, 0.3) is 0 Å². The summed E-state index contributed by atoms with van der Waals surface area (Å²) in [4.78, 5) is 16.4. The molecule has 1 heterocycles. The van der Waals surface area contributed by atoms with Crippen molar-refractivity contribution in [2.45, 2.75) is 13.8 Å². The number of rotatable bonds is 3. The zero-order chi connectivity index (χ0) is 14.8. The molecule has 1 N–H and O–H groups in total. The molecule has 0 radical (unpaired) electrons. The number of amides is 1. The minimum absolute atomic E-state index is 0.0212. The van der Waals surface area contributed by atoms with Crippen LogP contribution in [0.3, 0.4) is 0 Å². The molecule has 106 valence electrons. The summed E-state index contributed by atoms with van der Waals surface area (Å²) in [6.45, 7) is 3.76. The molecule has 0 saturated carbocycles. The van der Waals surface area contributed by atoms with E-state index in [2.05, 4.69) is 22.4 Å². The molecular weight excluding hydrogens is 280 g/mol. The number of carbonyl (C=O) groups is 1. The third-order valence-corrected chi connectivity index (χ3v) is 4.29. The fourth-order valence-corrected chi connectivity index (χ4v) is 2.95. The van der Waals surface area contributed by atoms with Crippen LogP contribution in [-0.4, -0.2) is 10.9 Å². The summed E-state index contributed by atoms with van der Waals surface area (Å²) in [7, 11) is 0. The predicted octanol–water partition coefficient (Wildman–Crippen LogP) is 4.56.